The number of aromatic nitrogens is 3. The molecule has 0 aliphatic heterocycles. The van der Waals surface area contributed by atoms with Crippen LogP contribution in [-0.2, 0) is 28.4 Å². The molecule has 0 atom stereocenters. The van der Waals surface area contributed by atoms with Gasteiger partial charge in [-0.25, -0.2) is 18.5 Å². The van der Waals surface area contributed by atoms with E-state index in [9.17, 15) is 23.6 Å². The molecular formula is C17H18ClFN4O6S. The van der Waals surface area contributed by atoms with Crippen LogP contribution in [0.3, 0.4) is 0 Å². The van der Waals surface area contributed by atoms with Gasteiger partial charge in [-0.2, -0.15) is 0 Å². The molecule has 0 fully saturated rings. The van der Waals surface area contributed by atoms with E-state index >= 15 is 0 Å². The zero-order chi connectivity index (χ0) is 22.6. The third-order valence-corrected chi connectivity index (χ3v) is 4.85. The number of methoxy groups -OCH3 is 1. The standard InChI is InChI=1S/C17H18ClFN4O6S/c1-21-15(26)23(16(27)22(2)17(21)30)11-7-12(9(18)6-10(11)19)29-8-13(24)20-5-4-14(25)28-3/h6-7H,4-5,8H2,1-3H3,(H,20,24). The lowest BCUT2D eigenvalue weighted by Crippen LogP contribution is -2.43. The van der Waals surface area contributed by atoms with Gasteiger partial charge in [0.1, 0.15) is 11.6 Å². The molecule has 0 saturated heterocycles. The van der Waals surface area contributed by atoms with Crippen LogP contribution in [0.25, 0.3) is 5.69 Å². The van der Waals surface area contributed by atoms with Crippen molar-refractivity contribution in [2.24, 2.45) is 14.1 Å². The normalized spacial score (nSPS) is 10.6. The quantitative estimate of drug-likeness (QED) is 0.471. The minimum absolute atomic E-state index is 0.0220. The third kappa shape index (κ3) is 4.94. The molecule has 1 N–H and O–H groups in total. The Labute approximate surface area is 179 Å². The van der Waals surface area contributed by atoms with E-state index in [2.05, 4.69) is 10.1 Å². The number of hydrogen-bond donors (Lipinski definition) is 1. The monoisotopic (exact) mass is 460 g/mol. The second kappa shape index (κ2) is 9.67. The van der Waals surface area contributed by atoms with E-state index in [0.717, 1.165) is 21.3 Å². The fraction of sp³-hybridized carbons (Fsp3) is 0.353. The van der Waals surface area contributed by atoms with Gasteiger partial charge in [-0.15, -0.1) is 0 Å². The summed E-state index contributed by atoms with van der Waals surface area (Å²) in [5, 5.41) is 2.26. The Morgan fingerprint density at radius 3 is 2.37 bits per heavy atom. The molecule has 1 amide bonds. The predicted octanol–water partition coefficient (Wildman–Crippen LogP) is 0.455. The number of amides is 1. The van der Waals surface area contributed by atoms with Gasteiger partial charge < -0.3 is 14.8 Å². The number of halogens is 2. The highest BCUT2D eigenvalue weighted by Crippen LogP contribution is 2.28. The highest BCUT2D eigenvalue weighted by molar-refractivity contribution is 7.71. The fourth-order valence-electron chi connectivity index (χ4n) is 2.38. The van der Waals surface area contributed by atoms with Gasteiger partial charge in [-0.05, 0) is 18.3 Å². The number of nitrogens with one attached hydrogen (secondary N) is 1. The molecule has 30 heavy (non-hydrogen) atoms. The summed E-state index contributed by atoms with van der Waals surface area (Å²) in [5.41, 5.74) is -2.15. The summed E-state index contributed by atoms with van der Waals surface area (Å²) in [6, 6.07) is 1.89. The van der Waals surface area contributed by atoms with E-state index in [1.54, 1.807) is 0 Å². The van der Waals surface area contributed by atoms with Gasteiger partial charge in [0.2, 0.25) is 0 Å². The average molecular weight is 461 g/mol. The molecule has 0 saturated carbocycles. The average Bonchev–Trinajstić information content (AvgIpc) is 2.71. The van der Waals surface area contributed by atoms with E-state index in [1.807, 2.05) is 0 Å². The summed E-state index contributed by atoms with van der Waals surface area (Å²) in [5.74, 6) is -2.15. The maximum absolute atomic E-state index is 14.5. The minimum atomic E-state index is -0.953. The van der Waals surface area contributed by atoms with Gasteiger partial charge in [0.15, 0.2) is 11.4 Å². The molecule has 0 bridgehead atoms. The first-order chi connectivity index (χ1) is 14.1. The van der Waals surface area contributed by atoms with Crippen molar-refractivity contribution in [1.82, 2.24) is 19.0 Å². The van der Waals surface area contributed by atoms with Crippen LogP contribution in [0, 0.1) is 10.6 Å². The van der Waals surface area contributed by atoms with E-state index in [-0.39, 0.29) is 28.5 Å². The topological polar surface area (TPSA) is 114 Å². The second-order valence-electron chi connectivity index (χ2n) is 6.00. The molecule has 2 aromatic rings. The highest BCUT2D eigenvalue weighted by Gasteiger charge is 2.18. The summed E-state index contributed by atoms with van der Waals surface area (Å²) >= 11 is 10.9. The van der Waals surface area contributed by atoms with Gasteiger partial charge in [0.05, 0.1) is 24.2 Å². The molecule has 0 aliphatic carbocycles. The lowest BCUT2D eigenvalue weighted by molar-refractivity contribution is -0.140. The number of benzene rings is 1. The number of ether oxygens (including phenoxy) is 2. The second-order valence-corrected chi connectivity index (χ2v) is 6.77. The van der Waals surface area contributed by atoms with Gasteiger partial charge in [-0.1, -0.05) is 11.6 Å². The summed E-state index contributed by atoms with van der Waals surface area (Å²) in [6.45, 7) is -0.468. The van der Waals surface area contributed by atoms with Crippen LogP contribution in [0.4, 0.5) is 4.39 Å². The van der Waals surface area contributed by atoms with Crippen LogP contribution >= 0.6 is 23.8 Å². The van der Waals surface area contributed by atoms with Crippen molar-refractivity contribution in [3.8, 4) is 11.4 Å². The van der Waals surface area contributed by atoms with E-state index < -0.39 is 41.4 Å². The van der Waals surface area contributed by atoms with Gasteiger partial charge in [0.25, 0.3) is 5.91 Å². The Balaban J connectivity index is 2.31. The zero-order valence-electron chi connectivity index (χ0n) is 16.2. The molecule has 0 aliphatic rings. The highest BCUT2D eigenvalue weighted by atomic mass is 35.5. The summed E-state index contributed by atoms with van der Waals surface area (Å²) < 4.78 is 26.8. The molecule has 0 radical (unpaired) electrons. The van der Waals surface area contributed by atoms with Crippen LogP contribution in [0.2, 0.25) is 5.02 Å². The molecule has 1 aromatic carbocycles. The third-order valence-electron chi connectivity index (χ3n) is 4.01. The van der Waals surface area contributed by atoms with Gasteiger partial charge in [0, 0.05) is 26.7 Å². The first-order valence-corrected chi connectivity index (χ1v) is 9.22. The number of hydrogen-bond acceptors (Lipinski definition) is 7. The van der Waals surface area contributed by atoms with Crippen molar-refractivity contribution in [1.29, 1.82) is 0 Å². The molecule has 1 heterocycles. The molecule has 0 unspecified atom stereocenters. The maximum Gasteiger partial charge on any atom is 0.338 e. The first kappa shape index (κ1) is 23.3. The van der Waals surface area contributed by atoms with Crippen molar-refractivity contribution in [2.75, 3.05) is 20.3 Å². The molecule has 1 aromatic heterocycles. The minimum Gasteiger partial charge on any atom is -0.482 e. The Bertz CT molecular complexity index is 1130. The lowest BCUT2D eigenvalue weighted by Gasteiger charge is -2.14. The van der Waals surface area contributed by atoms with E-state index in [1.165, 1.54) is 21.2 Å². The van der Waals surface area contributed by atoms with Gasteiger partial charge >= 0.3 is 17.3 Å². The molecule has 13 heteroatoms. The molecule has 0 spiro atoms. The first-order valence-electron chi connectivity index (χ1n) is 8.43. The van der Waals surface area contributed by atoms with Crippen molar-refractivity contribution in [3.63, 3.8) is 0 Å². The molecular weight excluding hydrogens is 443 g/mol. The number of carbonyl (C=O) groups is 2. The van der Waals surface area contributed by atoms with Crippen LogP contribution in [0.1, 0.15) is 6.42 Å². The largest absolute Gasteiger partial charge is 0.482 e. The Morgan fingerprint density at radius 1 is 1.20 bits per heavy atom. The van der Waals surface area contributed by atoms with Crippen molar-refractivity contribution in [2.45, 2.75) is 6.42 Å². The van der Waals surface area contributed by atoms with Gasteiger partial charge in [-0.3, -0.25) is 18.7 Å². The van der Waals surface area contributed by atoms with Crippen LogP contribution in [-0.4, -0.2) is 45.8 Å². The molecule has 2 rings (SSSR count). The predicted molar refractivity (Wildman–Crippen MR) is 107 cm³/mol. The fourth-order valence-corrected chi connectivity index (χ4v) is 2.74. The number of esters is 1. The molecule has 162 valence electrons. The summed E-state index contributed by atoms with van der Waals surface area (Å²) in [7, 11) is 3.90. The number of rotatable bonds is 7. The molecule has 10 nitrogen and oxygen atoms in total. The van der Waals surface area contributed by atoms with Crippen LogP contribution in [0.15, 0.2) is 21.7 Å². The van der Waals surface area contributed by atoms with E-state index in [4.69, 9.17) is 28.6 Å². The van der Waals surface area contributed by atoms with Crippen molar-refractivity contribution < 1.29 is 23.5 Å². The summed E-state index contributed by atoms with van der Waals surface area (Å²) in [4.78, 5) is 47.8. The van der Waals surface area contributed by atoms with Crippen molar-refractivity contribution >= 4 is 35.7 Å². The Hall–Kier alpha value is -2.99. The number of carbonyl (C=O) groups excluding carboxylic acids is 2. The lowest BCUT2D eigenvalue weighted by atomic mass is 10.2. The summed E-state index contributed by atoms with van der Waals surface area (Å²) in [6.07, 6.45) is -0.0220. The number of nitrogens with zero attached hydrogens (tertiary/aromatic N) is 3. The van der Waals surface area contributed by atoms with E-state index in [0.29, 0.717) is 4.57 Å². The Kier molecular flexibility index (Phi) is 7.51. The zero-order valence-corrected chi connectivity index (χ0v) is 17.8. The SMILES string of the molecule is COC(=O)CCNC(=O)COc1cc(-n2c(=O)n(C)c(=S)n(C)c2=O)c(F)cc1Cl. The van der Waals surface area contributed by atoms with Crippen molar-refractivity contribution in [3.05, 3.63) is 48.7 Å². The van der Waals surface area contributed by atoms with Crippen LogP contribution in [0.5, 0.6) is 5.75 Å². The van der Waals surface area contributed by atoms with Crippen LogP contribution < -0.4 is 21.4 Å². The Morgan fingerprint density at radius 2 is 1.80 bits per heavy atom. The smallest absolute Gasteiger partial charge is 0.338 e. The maximum atomic E-state index is 14.5.